The summed E-state index contributed by atoms with van der Waals surface area (Å²) in [6, 6.07) is 12.0. The number of hydrogen-bond acceptors (Lipinski definition) is 4. The van der Waals surface area contributed by atoms with E-state index in [-0.39, 0.29) is 23.5 Å². The van der Waals surface area contributed by atoms with Crippen molar-refractivity contribution in [2.75, 3.05) is 4.90 Å². The minimum Gasteiger partial charge on any atom is -0.508 e. The van der Waals surface area contributed by atoms with Gasteiger partial charge in [-0.1, -0.05) is 30.7 Å². The summed E-state index contributed by atoms with van der Waals surface area (Å²) in [5, 5.41) is 20.6. The second kappa shape index (κ2) is 6.61. The summed E-state index contributed by atoms with van der Waals surface area (Å²) in [7, 11) is 0. The number of rotatable bonds is 4. The molecule has 1 amide bonds. The number of carbonyl (C=O) groups is 2. The SMILES string of the molecule is CCC(=O)C1=C(O)C(=O)N(c2ccc(Cl)cc2)C1c1cccc(O)c1. The molecule has 5 nitrogen and oxygen atoms in total. The van der Waals surface area contributed by atoms with E-state index in [0.29, 0.717) is 16.3 Å². The third-order valence-electron chi connectivity index (χ3n) is 4.12. The van der Waals surface area contributed by atoms with Crippen LogP contribution < -0.4 is 4.90 Å². The number of halogens is 1. The van der Waals surface area contributed by atoms with Crippen molar-refractivity contribution < 1.29 is 19.8 Å². The van der Waals surface area contributed by atoms with Crippen LogP contribution in [0.15, 0.2) is 59.9 Å². The highest BCUT2D eigenvalue weighted by Gasteiger charge is 2.43. The number of aliphatic hydroxyl groups excluding tert-OH is 1. The zero-order chi connectivity index (χ0) is 18.1. The van der Waals surface area contributed by atoms with Crippen molar-refractivity contribution in [3.05, 3.63) is 70.4 Å². The Hall–Kier alpha value is -2.79. The van der Waals surface area contributed by atoms with Gasteiger partial charge in [0.1, 0.15) is 5.75 Å². The van der Waals surface area contributed by atoms with Crippen LogP contribution in [0.2, 0.25) is 5.02 Å². The normalized spacial score (nSPS) is 17.3. The number of anilines is 1. The van der Waals surface area contributed by atoms with E-state index in [1.54, 1.807) is 43.3 Å². The number of phenolic OH excluding ortho intramolecular Hbond substituents is 1. The smallest absolute Gasteiger partial charge is 0.294 e. The average Bonchev–Trinajstić information content (AvgIpc) is 2.87. The number of ketones is 1. The molecule has 2 N–H and O–H groups in total. The fourth-order valence-electron chi connectivity index (χ4n) is 2.96. The molecule has 1 aliphatic heterocycles. The third kappa shape index (κ3) is 2.98. The van der Waals surface area contributed by atoms with Gasteiger partial charge >= 0.3 is 0 Å². The van der Waals surface area contributed by atoms with E-state index in [1.807, 2.05) is 0 Å². The molecule has 1 heterocycles. The molecule has 2 aromatic rings. The van der Waals surface area contributed by atoms with E-state index >= 15 is 0 Å². The zero-order valence-electron chi connectivity index (χ0n) is 13.4. The highest BCUT2D eigenvalue weighted by Crippen LogP contribution is 2.42. The van der Waals surface area contributed by atoms with E-state index in [0.717, 1.165) is 0 Å². The van der Waals surface area contributed by atoms with E-state index < -0.39 is 17.7 Å². The first-order chi connectivity index (χ1) is 11.9. The first-order valence-electron chi connectivity index (χ1n) is 7.78. The van der Waals surface area contributed by atoms with Gasteiger partial charge in [0, 0.05) is 17.1 Å². The van der Waals surface area contributed by atoms with Crippen molar-refractivity contribution >= 4 is 29.0 Å². The van der Waals surface area contributed by atoms with Crippen LogP contribution in [0.5, 0.6) is 5.75 Å². The molecule has 0 spiro atoms. The van der Waals surface area contributed by atoms with Crippen molar-refractivity contribution in [2.24, 2.45) is 0 Å². The predicted octanol–water partition coefficient (Wildman–Crippen LogP) is 3.92. The van der Waals surface area contributed by atoms with Crippen molar-refractivity contribution in [3.8, 4) is 5.75 Å². The molecule has 0 aliphatic carbocycles. The van der Waals surface area contributed by atoms with Crippen LogP contribution in [0.25, 0.3) is 0 Å². The maximum Gasteiger partial charge on any atom is 0.294 e. The van der Waals surface area contributed by atoms with E-state index in [2.05, 4.69) is 0 Å². The molecular weight excluding hydrogens is 342 g/mol. The first kappa shape index (κ1) is 17.0. The molecule has 2 aromatic carbocycles. The number of hydrogen-bond donors (Lipinski definition) is 2. The fourth-order valence-corrected chi connectivity index (χ4v) is 3.08. The standard InChI is InChI=1S/C19H16ClNO4/c1-2-15(23)16-17(11-4-3-5-14(22)10-11)21(19(25)18(16)24)13-8-6-12(20)7-9-13/h3-10,17,22,24H,2H2,1H3. The minimum atomic E-state index is -0.812. The van der Waals surface area contributed by atoms with Crippen molar-refractivity contribution in [3.63, 3.8) is 0 Å². The Bertz CT molecular complexity index is 873. The fraction of sp³-hybridized carbons (Fsp3) is 0.158. The summed E-state index contributed by atoms with van der Waals surface area (Å²) < 4.78 is 0. The zero-order valence-corrected chi connectivity index (χ0v) is 14.2. The van der Waals surface area contributed by atoms with Gasteiger partial charge in [0.15, 0.2) is 11.5 Å². The predicted molar refractivity (Wildman–Crippen MR) is 94.7 cm³/mol. The number of carbonyl (C=O) groups excluding carboxylic acids is 2. The van der Waals surface area contributed by atoms with Crippen LogP contribution in [0.3, 0.4) is 0 Å². The van der Waals surface area contributed by atoms with E-state index in [9.17, 15) is 19.8 Å². The molecule has 0 radical (unpaired) electrons. The monoisotopic (exact) mass is 357 g/mol. The lowest BCUT2D eigenvalue weighted by Gasteiger charge is -2.27. The summed E-state index contributed by atoms with van der Waals surface area (Å²) in [5.74, 6) is -1.53. The lowest BCUT2D eigenvalue weighted by Crippen LogP contribution is -2.30. The second-order valence-corrected chi connectivity index (χ2v) is 6.12. The molecule has 25 heavy (non-hydrogen) atoms. The molecule has 1 aliphatic rings. The Balaban J connectivity index is 2.18. The number of nitrogens with zero attached hydrogens (tertiary/aromatic N) is 1. The highest BCUT2D eigenvalue weighted by molar-refractivity contribution is 6.30. The van der Waals surface area contributed by atoms with Crippen molar-refractivity contribution in [1.29, 1.82) is 0 Å². The molecule has 0 bridgehead atoms. The average molecular weight is 358 g/mol. The second-order valence-electron chi connectivity index (χ2n) is 5.69. The van der Waals surface area contributed by atoms with E-state index in [4.69, 9.17) is 11.6 Å². The lowest BCUT2D eigenvalue weighted by atomic mass is 9.94. The number of Topliss-reactive ketones (excluding diaryl/α,β-unsaturated/α-hetero) is 1. The summed E-state index contributed by atoms with van der Waals surface area (Å²) in [4.78, 5) is 26.4. The Kier molecular flexibility index (Phi) is 4.51. The van der Waals surface area contributed by atoms with Crippen molar-refractivity contribution in [2.45, 2.75) is 19.4 Å². The van der Waals surface area contributed by atoms with Gasteiger partial charge in [0.25, 0.3) is 5.91 Å². The van der Waals surface area contributed by atoms with Gasteiger partial charge < -0.3 is 10.2 Å². The van der Waals surface area contributed by atoms with Crippen LogP contribution >= 0.6 is 11.6 Å². The van der Waals surface area contributed by atoms with Crippen LogP contribution in [-0.4, -0.2) is 21.9 Å². The number of amides is 1. The van der Waals surface area contributed by atoms with Gasteiger partial charge in [-0.3, -0.25) is 14.5 Å². The van der Waals surface area contributed by atoms with E-state index in [1.165, 1.54) is 17.0 Å². The topological polar surface area (TPSA) is 77.8 Å². The van der Waals surface area contributed by atoms with Gasteiger partial charge in [-0.25, -0.2) is 0 Å². The largest absolute Gasteiger partial charge is 0.508 e. The lowest BCUT2D eigenvalue weighted by molar-refractivity contribution is -0.118. The summed E-state index contributed by atoms with van der Waals surface area (Å²) >= 11 is 5.91. The first-order valence-corrected chi connectivity index (χ1v) is 8.16. The maximum absolute atomic E-state index is 12.7. The minimum absolute atomic E-state index is 0.00990. The number of phenols is 1. The van der Waals surface area contributed by atoms with Gasteiger partial charge in [-0.2, -0.15) is 0 Å². The summed E-state index contributed by atoms with van der Waals surface area (Å²) in [6.45, 7) is 1.66. The highest BCUT2D eigenvalue weighted by atomic mass is 35.5. The van der Waals surface area contributed by atoms with Gasteiger partial charge in [0.2, 0.25) is 0 Å². The molecule has 0 saturated heterocycles. The Morgan fingerprint density at radius 3 is 2.44 bits per heavy atom. The number of aliphatic hydroxyl groups is 1. The quantitative estimate of drug-likeness (QED) is 0.869. The van der Waals surface area contributed by atoms with Crippen molar-refractivity contribution in [1.82, 2.24) is 0 Å². The molecule has 1 unspecified atom stereocenters. The van der Waals surface area contributed by atoms with Crippen LogP contribution in [0, 0.1) is 0 Å². The number of benzene rings is 2. The molecule has 3 rings (SSSR count). The van der Waals surface area contributed by atoms with Crippen LogP contribution in [0.1, 0.15) is 24.9 Å². The molecule has 128 valence electrons. The molecule has 0 saturated carbocycles. The molecule has 1 atom stereocenters. The molecule has 6 heteroatoms. The third-order valence-corrected chi connectivity index (χ3v) is 4.37. The molecular formula is C19H16ClNO4. The van der Waals surface area contributed by atoms with Gasteiger partial charge in [-0.05, 0) is 42.0 Å². The molecule has 0 fully saturated rings. The van der Waals surface area contributed by atoms with Crippen LogP contribution in [-0.2, 0) is 9.59 Å². The van der Waals surface area contributed by atoms with Crippen LogP contribution in [0.4, 0.5) is 5.69 Å². The summed E-state index contributed by atoms with van der Waals surface area (Å²) in [6.07, 6.45) is 0.149. The Morgan fingerprint density at radius 1 is 1.16 bits per heavy atom. The molecule has 0 aromatic heterocycles. The Labute approximate surface area is 149 Å². The summed E-state index contributed by atoms with van der Waals surface area (Å²) in [5.41, 5.74) is 1.06. The maximum atomic E-state index is 12.7. The van der Waals surface area contributed by atoms with Gasteiger partial charge in [-0.15, -0.1) is 0 Å². The van der Waals surface area contributed by atoms with Gasteiger partial charge in [0.05, 0.1) is 11.6 Å². The number of aromatic hydroxyl groups is 1. The Morgan fingerprint density at radius 2 is 1.84 bits per heavy atom.